The standard InChI is InChI=1S/C17H23N3O2S/c1-17(2,15-7-6-14(11-18)22-15)23-9-8-20-16(21)12-4-3-5-13(19)10-12/h3-7,10H,8-9,11,18-19H2,1-2H3,(H,20,21). The summed E-state index contributed by atoms with van der Waals surface area (Å²) in [6, 6.07) is 10.8. The molecule has 0 aliphatic carbocycles. The molecule has 0 fully saturated rings. The highest BCUT2D eigenvalue weighted by molar-refractivity contribution is 8.00. The number of furan rings is 1. The third-order valence-corrected chi connectivity index (χ3v) is 4.79. The Balaban J connectivity index is 1.81. The molecular weight excluding hydrogens is 310 g/mol. The van der Waals surface area contributed by atoms with Gasteiger partial charge in [-0.05, 0) is 44.2 Å². The predicted octanol–water partition coefficient (Wildman–Crippen LogP) is 2.72. The zero-order chi connectivity index (χ0) is 16.9. The molecule has 0 bridgehead atoms. The van der Waals surface area contributed by atoms with Crippen molar-refractivity contribution >= 4 is 23.4 Å². The van der Waals surface area contributed by atoms with Crippen molar-refractivity contribution in [3.63, 3.8) is 0 Å². The molecule has 0 saturated carbocycles. The van der Waals surface area contributed by atoms with Crippen LogP contribution >= 0.6 is 11.8 Å². The molecule has 2 rings (SSSR count). The maximum atomic E-state index is 12.0. The average molecular weight is 333 g/mol. The number of anilines is 1. The minimum Gasteiger partial charge on any atom is -0.463 e. The fourth-order valence-electron chi connectivity index (χ4n) is 2.14. The summed E-state index contributed by atoms with van der Waals surface area (Å²) in [5.41, 5.74) is 12.4. The Morgan fingerprint density at radius 3 is 2.74 bits per heavy atom. The van der Waals surface area contributed by atoms with Crippen LogP contribution in [0.1, 0.15) is 35.7 Å². The number of rotatable bonds is 7. The second-order valence-corrected chi connectivity index (χ2v) is 7.43. The van der Waals surface area contributed by atoms with Crippen LogP contribution in [-0.4, -0.2) is 18.2 Å². The topological polar surface area (TPSA) is 94.3 Å². The number of benzene rings is 1. The maximum Gasteiger partial charge on any atom is 0.251 e. The second-order valence-electron chi connectivity index (χ2n) is 5.71. The molecule has 1 amide bonds. The third kappa shape index (κ3) is 4.77. The van der Waals surface area contributed by atoms with E-state index in [1.165, 1.54) is 0 Å². The number of nitrogens with one attached hydrogen (secondary N) is 1. The van der Waals surface area contributed by atoms with Crippen LogP contribution in [0.5, 0.6) is 0 Å². The van der Waals surface area contributed by atoms with E-state index in [1.54, 1.807) is 36.0 Å². The van der Waals surface area contributed by atoms with E-state index in [1.807, 2.05) is 12.1 Å². The van der Waals surface area contributed by atoms with Crippen LogP contribution in [0.25, 0.3) is 0 Å². The first-order chi connectivity index (χ1) is 10.9. The summed E-state index contributed by atoms with van der Waals surface area (Å²) in [6.45, 7) is 5.16. The molecule has 5 nitrogen and oxygen atoms in total. The molecule has 0 atom stereocenters. The Labute approximate surface area is 140 Å². The van der Waals surface area contributed by atoms with Gasteiger partial charge in [0.15, 0.2) is 0 Å². The SMILES string of the molecule is CC(C)(SCCNC(=O)c1cccc(N)c1)c1ccc(CN)o1. The van der Waals surface area contributed by atoms with E-state index in [-0.39, 0.29) is 10.7 Å². The fourth-order valence-corrected chi connectivity index (χ4v) is 3.10. The lowest BCUT2D eigenvalue weighted by atomic mass is 10.1. The summed E-state index contributed by atoms with van der Waals surface area (Å²) in [6.07, 6.45) is 0. The molecule has 5 N–H and O–H groups in total. The van der Waals surface area contributed by atoms with Gasteiger partial charge in [0.25, 0.3) is 5.91 Å². The van der Waals surface area contributed by atoms with Gasteiger partial charge in [-0.1, -0.05) is 6.07 Å². The lowest BCUT2D eigenvalue weighted by molar-refractivity contribution is 0.0956. The normalized spacial score (nSPS) is 11.4. The van der Waals surface area contributed by atoms with Crippen LogP contribution in [0.2, 0.25) is 0 Å². The molecule has 23 heavy (non-hydrogen) atoms. The molecule has 0 radical (unpaired) electrons. The first kappa shape index (κ1) is 17.4. The van der Waals surface area contributed by atoms with E-state index in [4.69, 9.17) is 15.9 Å². The van der Waals surface area contributed by atoms with E-state index in [0.717, 1.165) is 17.3 Å². The number of hydrogen-bond acceptors (Lipinski definition) is 5. The number of nitrogens with two attached hydrogens (primary N) is 2. The number of nitrogen functional groups attached to an aromatic ring is 1. The molecule has 1 aromatic heterocycles. The minimum atomic E-state index is -0.171. The molecule has 1 aromatic carbocycles. The van der Waals surface area contributed by atoms with Crippen molar-refractivity contribution in [2.75, 3.05) is 18.0 Å². The van der Waals surface area contributed by atoms with Crippen LogP contribution in [-0.2, 0) is 11.3 Å². The fraction of sp³-hybridized carbons (Fsp3) is 0.353. The van der Waals surface area contributed by atoms with Crippen LogP contribution in [0, 0.1) is 0 Å². The summed E-state index contributed by atoms with van der Waals surface area (Å²) in [5, 5.41) is 2.90. The van der Waals surface area contributed by atoms with E-state index in [2.05, 4.69) is 19.2 Å². The van der Waals surface area contributed by atoms with E-state index in [9.17, 15) is 4.79 Å². The van der Waals surface area contributed by atoms with Crippen molar-refractivity contribution < 1.29 is 9.21 Å². The second kappa shape index (κ2) is 7.57. The van der Waals surface area contributed by atoms with Gasteiger partial charge in [-0.15, -0.1) is 11.8 Å². The Bertz CT molecular complexity index is 667. The monoisotopic (exact) mass is 333 g/mol. The van der Waals surface area contributed by atoms with E-state index >= 15 is 0 Å². The lowest BCUT2D eigenvalue weighted by Crippen LogP contribution is -2.27. The van der Waals surface area contributed by atoms with Gasteiger partial charge in [0.05, 0.1) is 11.3 Å². The Morgan fingerprint density at radius 2 is 2.09 bits per heavy atom. The molecule has 0 spiro atoms. The molecule has 124 valence electrons. The Morgan fingerprint density at radius 1 is 1.30 bits per heavy atom. The number of hydrogen-bond donors (Lipinski definition) is 3. The molecule has 2 aromatic rings. The number of carbonyl (C=O) groups is 1. The highest BCUT2D eigenvalue weighted by atomic mass is 32.2. The van der Waals surface area contributed by atoms with Crippen molar-refractivity contribution in [1.82, 2.24) is 5.32 Å². The summed E-state index contributed by atoms with van der Waals surface area (Å²) < 4.78 is 5.54. The van der Waals surface area contributed by atoms with Crippen molar-refractivity contribution in [3.05, 3.63) is 53.5 Å². The third-order valence-electron chi connectivity index (χ3n) is 3.46. The van der Waals surface area contributed by atoms with E-state index < -0.39 is 0 Å². The molecular formula is C17H23N3O2S. The molecule has 0 unspecified atom stereocenters. The van der Waals surface area contributed by atoms with E-state index in [0.29, 0.717) is 24.3 Å². The first-order valence-electron chi connectivity index (χ1n) is 7.49. The van der Waals surface area contributed by atoms with Gasteiger partial charge in [0.2, 0.25) is 0 Å². The largest absolute Gasteiger partial charge is 0.463 e. The number of thioether (sulfide) groups is 1. The highest BCUT2D eigenvalue weighted by Crippen LogP contribution is 2.36. The van der Waals surface area contributed by atoms with Crippen LogP contribution in [0.4, 0.5) is 5.69 Å². The smallest absolute Gasteiger partial charge is 0.251 e. The van der Waals surface area contributed by atoms with Crippen LogP contribution in [0.15, 0.2) is 40.8 Å². The van der Waals surface area contributed by atoms with Crippen molar-refractivity contribution in [2.24, 2.45) is 5.73 Å². The highest BCUT2D eigenvalue weighted by Gasteiger charge is 2.24. The van der Waals surface area contributed by atoms with Gasteiger partial charge in [0, 0.05) is 23.5 Å². The van der Waals surface area contributed by atoms with Gasteiger partial charge < -0.3 is 21.2 Å². The number of amides is 1. The molecule has 0 aliphatic rings. The lowest BCUT2D eigenvalue weighted by Gasteiger charge is -2.21. The van der Waals surface area contributed by atoms with Gasteiger partial charge in [0.1, 0.15) is 11.5 Å². The van der Waals surface area contributed by atoms with Gasteiger partial charge in [-0.2, -0.15) is 0 Å². The molecule has 6 heteroatoms. The summed E-state index contributed by atoms with van der Waals surface area (Å²) in [4.78, 5) is 12.0. The maximum absolute atomic E-state index is 12.0. The first-order valence-corrected chi connectivity index (χ1v) is 8.48. The van der Waals surface area contributed by atoms with Gasteiger partial charge in [-0.3, -0.25) is 4.79 Å². The van der Waals surface area contributed by atoms with Gasteiger partial charge in [-0.25, -0.2) is 0 Å². The van der Waals surface area contributed by atoms with Crippen LogP contribution < -0.4 is 16.8 Å². The van der Waals surface area contributed by atoms with Crippen molar-refractivity contribution in [2.45, 2.75) is 25.1 Å². The van der Waals surface area contributed by atoms with Crippen molar-refractivity contribution in [1.29, 1.82) is 0 Å². The van der Waals surface area contributed by atoms with Gasteiger partial charge >= 0.3 is 0 Å². The average Bonchev–Trinajstić information content (AvgIpc) is 3.01. The zero-order valence-electron chi connectivity index (χ0n) is 13.5. The summed E-state index contributed by atoms with van der Waals surface area (Å²) in [5.74, 6) is 2.34. The number of carbonyl (C=O) groups excluding carboxylic acids is 1. The molecule has 0 aliphatic heterocycles. The Kier molecular flexibility index (Phi) is 5.74. The minimum absolute atomic E-state index is 0.112. The predicted molar refractivity (Wildman–Crippen MR) is 95.3 cm³/mol. The summed E-state index contributed by atoms with van der Waals surface area (Å²) >= 11 is 1.72. The van der Waals surface area contributed by atoms with Crippen molar-refractivity contribution in [3.8, 4) is 0 Å². The van der Waals surface area contributed by atoms with Crippen LogP contribution in [0.3, 0.4) is 0 Å². The molecule has 0 saturated heterocycles. The zero-order valence-corrected chi connectivity index (χ0v) is 14.3. The molecule has 1 heterocycles. The Hall–Kier alpha value is -1.92. The summed E-state index contributed by atoms with van der Waals surface area (Å²) in [7, 11) is 0. The quantitative estimate of drug-likeness (QED) is 0.535.